The van der Waals surface area contributed by atoms with Crippen molar-refractivity contribution in [1.82, 2.24) is 5.32 Å². The first kappa shape index (κ1) is 14.1. The second-order valence-corrected chi connectivity index (χ2v) is 5.87. The average Bonchev–Trinajstić information content (AvgIpc) is 3.12. The van der Waals surface area contributed by atoms with Gasteiger partial charge in [0, 0.05) is 10.9 Å². The van der Waals surface area contributed by atoms with Crippen LogP contribution in [0, 0.1) is 6.92 Å². The fraction of sp³-hybridized carbons (Fsp3) is 0.429. The zero-order chi connectivity index (χ0) is 14.0. The predicted octanol–water partition coefficient (Wildman–Crippen LogP) is 2.42. The minimum atomic E-state index is -0.979. The first-order valence-corrected chi connectivity index (χ1v) is 7.02. The van der Waals surface area contributed by atoms with Gasteiger partial charge in [-0.25, -0.2) is 4.79 Å². The van der Waals surface area contributed by atoms with E-state index in [4.69, 9.17) is 5.11 Å². The standard InChI is InChI=1S/C14H16BrNO3/c1-9-8-10(2-4-11(9)15)3-5-12(17)16-14(6-7-14)13(18)19/h2,4,8H,3,5-7H2,1H3,(H,16,17)(H,18,19). The zero-order valence-electron chi connectivity index (χ0n) is 10.7. The molecule has 0 heterocycles. The normalized spacial score (nSPS) is 15.9. The summed E-state index contributed by atoms with van der Waals surface area (Å²) in [5.74, 6) is -1.12. The first-order valence-electron chi connectivity index (χ1n) is 6.22. The second-order valence-electron chi connectivity index (χ2n) is 5.02. The molecule has 0 aliphatic heterocycles. The van der Waals surface area contributed by atoms with Crippen LogP contribution in [0.4, 0.5) is 0 Å². The van der Waals surface area contributed by atoms with Crippen LogP contribution in [0.25, 0.3) is 0 Å². The number of carboxylic acid groups (broad SMARTS) is 1. The zero-order valence-corrected chi connectivity index (χ0v) is 12.3. The summed E-state index contributed by atoms with van der Waals surface area (Å²) in [6, 6.07) is 5.96. The molecule has 1 aromatic rings. The van der Waals surface area contributed by atoms with Crippen molar-refractivity contribution in [3.63, 3.8) is 0 Å². The minimum absolute atomic E-state index is 0.194. The third kappa shape index (κ3) is 3.35. The fourth-order valence-electron chi connectivity index (χ4n) is 1.97. The Kier molecular flexibility index (Phi) is 3.94. The number of amides is 1. The molecule has 0 radical (unpaired) electrons. The molecular weight excluding hydrogens is 310 g/mol. The number of hydrogen-bond acceptors (Lipinski definition) is 2. The maximum absolute atomic E-state index is 11.7. The SMILES string of the molecule is Cc1cc(CCC(=O)NC2(C(=O)O)CC2)ccc1Br. The van der Waals surface area contributed by atoms with Gasteiger partial charge in [-0.3, -0.25) is 4.79 Å². The van der Waals surface area contributed by atoms with E-state index < -0.39 is 11.5 Å². The summed E-state index contributed by atoms with van der Waals surface area (Å²) in [6.07, 6.45) is 2.00. The van der Waals surface area contributed by atoms with E-state index in [1.807, 2.05) is 25.1 Å². The molecular formula is C14H16BrNO3. The Labute approximate surface area is 120 Å². The van der Waals surface area contributed by atoms with E-state index in [0.717, 1.165) is 15.6 Å². The molecule has 0 bridgehead atoms. The number of carbonyl (C=O) groups is 2. The number of aryl methyl sites for hydroxylation is 2. The number of rotatable bonds is 5. The van der Waals surface area contributed by atoms with Gasteiger partial charge in [0.2, 0.25) is 5.91 Å². The van der Waals surface area contributed by atoms with E-state index in [9.17, 15) is 9.59 Å². The maximum atomic E-state index is 11.7. The van der Waals surface area contributed by atoms with Gasteiger partial charge in [-0.05, 0) is 43.4 Å². The molecule has 19 heavy (non-hydrogen) atoms. The third-order valence-electron chi connectivity index (χ3n) is 3.40. The molecule has 1 amide bonds. The Morgan fingerprint density at radius 2 is 2.11 bits per heavy atom. The van der Waals surface area contributed by atoms with E-state index in [1.165, 1.54) is 0 Å². The summed E-state index contributed by atoms with van der Waals surface area (Å²) in [5.41, 5.74) is 1.23. The van der Waals surface area contributed by atoms with Crippen molar-refractivity contribution in [1.29, 1.82) is 0 Å². The molecule has 0 spiro atoms. The van der Waals surface area contributed by atoms with Crippen molar-refractivity contribution in [2.75, 3.05) is 0 Å². The molecule has 1 aromatic carbocycles. The van der Waals surface area contributed by atoms with Crippen LogP contribution in [-0.2, 0) is 16.0 Å². The van der Waals surface area contributed by atoms with Crippen molar-refractivity contribution >= 4 is 27.8 Å². The first-order chi connectivity index (χ1) is 8.93. The summed E-state index contributed by atoms with van der Waals surface area (Å²) in [6.45, 7) is 2.00. The van der Waals surface area contributed by atoms with Gasteiger partial charge in [-0.15, -0.1) is 0 Å². The molecule has 4 nitrogen and oxygen atoms in total. The smallest absolute Gasteiger partial charge is 0.329 e. The van der Waals surface area contributed by atoms with Gasteiger partial charge >= 0.3 is 5.97 Å². The second kappa shape index (κ2) is 5.33. The highest BCUT2D eigenvalue weighted by Gasteiger charge is 2.51. The van der Waals surface area contributed by atoms with Crippen molar-refractivity contribution in [2.45, 2.75) is 38.1 Å². The van der Waals surface area contributed by atoms with Crippen LogP contribution in [0.5, 0.6) is 0 Å². The third-order valence-corrected chi connectivity index (χ3v) is 4.29. The number of carboxylic acids is 1. The summed E-state index contributed by atoms with van der Waals surface area (Å²) in [7, 11) is 0. The van der Waals surface area contributed by atoms with E-state index in [2.05, 4.69) is 21.2 Å². The highest BCUT2D eigenvalue weighted by Crippen LogP contribution is 2.35. The Morgan fingerprint density at radius 1 is 1.42 bits per heavy atom. The molecule has 102 valence electrons. The van der Waals surface area contributed by atoms with E-state index >= 15 is 0 Å². The number of aliphatic carboxylic acids is 1. The van der Waals surface area contributed by atoms with Crippen LogP contribution in [0.3, 0.4) is 0 Å². The van der Waals surface area contributed by atoms with Gasteiger partial charge < -0.3 is 10.4 Å². The monoisotopic (exact) mass is 325 g/mol. The summed E-state index contributed by atoms with van der Waals surface area (Å²) in [5, 5.41) is 11.6. The van der Waals surface area contributed by atoms with Crippen molar-refractivity contribution in [3.8, 4) is 0 Å². The van der Waals surface area contributed by atoms with Crippen molar-refractivity contribution in [2.24, 2.45) is 0 Å². The maximum Gasteiger partial charge on any atom is 0.329 e. The Morgan fingerprint density at radius 3 is 2.63 bits per heavy atom. The van der Waals surface area contributed by atoms with Gasteiger partial charge in [0.25, 0.3) is 0 Å². The lowest BCUT2D eigenvalue weighted by Crippen LogP contribution is -2.43. The largest absolute Gasteiger partial charge is 0.480 e. The van der Waals surface area contributed by atoms with Crippen molar-refractivity contribution in [3.05, 3.63) is 33.8 Å². The molecule has 1 saturated carbocycles. The van der Waals surface area contributed by atoms with E-state index in [-0.39, 0.29) is 5.91 Å². The van der Waals surface area contributed by atoms with Crippen LogP contribution in [0.2, 0.25) is 0 Å². The summed E-state index contributed by atoms with van der Waals surface area (Å²) < 4.78 is 1.04. The highest BCUT2D eigenvalue weighted by atomic mass is 79.9. The lowest BCUT2D eigenvalue weighted by molar-refractivity contribution is -0.143. The molecule has 0 unspecified atom stereocenters. The van der Waals surface area contributed by atoms with Gasteiger partial charge in [0.1, 0.15) is 5.54 Å². The van der Waals surface area contributed by atoms with Crippen LogP contribution in [0.15, 0.2) is 22.7 Å². The molecule has 0 atom stereocenters. The van der Waals surface area contributed by atoms with Gasteiger partial charge in [-0.1, -0.05) is 28.1 Å². The molecule has 1 aliphatic carbocycles. The molecule has 1 aliphatic rings. The van der Waals surface area contributed by atoms with Crippen molar-refractivity contribution < 1.29 is 14.7 Å². The number of halogens is 1. The predicted molar refractivity (Wildman–Crippen MR) is 74.9 cm³/mol. The highest BCUT2D eigenvalue weighted by molar-refractivity contribution is 9.10. The lowest BCUT2D eigenvalue weighted by Gasteiger charge is -2.12. The molecule has 2 rings (SSSR count). The van der Waals surface area contributed by atoms with Crippen LogP contribution >= 0.6 is 15.9 Å². The summed E-state index contributed by atoms with van der Waals surface area (Å²) in [4.78, 5) is 22.7. The molecule has 2 N–H and O–H groups in total. The average molecular weight is 326 g/mol. The quantitative estimate of drug-likeness (QED) is 0.873. The molecule has 0 saturated heterocycles. The van der Waals surface area contributed by atoms with Crippen LogP contribution < -0.4 is 5.32 Å². The number of benzene rings is 1. The number of hydrogen-bond donors (Lipinski definition) is 2. The minimum Gasteiger partial charge on any atom is -0.480 e. The summed E-state index contributed by atoms with van der Waals surface area (Å²) >= 11 is 3.43. The van der Waals surface area contributed by atoms with Gasteiger partial charge in [-0.2, -0.15) is 0 Å². The molecule has 0 aromatic heterocycles. The topological polar surface area (TPSA) is 66.4 Å². The molecule has 5 heteroatoms. The Bertz CT molecular complexity index is 523. The number of carbonyl (C=O) groups excluding carboxylic acids is 1. The van der Waals surface area contributed by atoms with Gasteiger partial charge in [0.15, 0.2) is 0 Å². The fourth-order valence-corrected chi connectivity index (χ4v) is 2.21. The lowest BCUT2D eigenvalue weighted by atomic mass is 10.1. The Balaban J connectivity index is 1.87. The van der Waals surface area contributed by atoms with Crippen LogP contribution in [0.1, 0.15) is 30.4 Å². The van der Waals surface area contributed by atoms with E-state index in [1.54, 1.807) is 0 Å². The van der Waals surface area contributed by atoms with E-state index in [0.29, 0.717) is 25.7 Å². The van der Waals surface area contributed by atoms with Gasteiger partial charge in [0.05, 0.1) is 0 Å². The van der Waals surface area contributed by atoms with Crippen LogP contribution in [-0.4, -0.2) is 22.5 Å². The molecule has 1 fully saturated rings. The Hall–Kier alpha value is -1.36. The number of nitrogens with one attached hydrogen (secondary N) is 1.